The number of amides is 1. The first-order chi connectivity index (χ1) is 14.6. The molecule has 5 nitrogen and oxygen atoms in total. The maximum Gasteiger partial charge on any atom is 0.253 e. The topological polar surface area (TPSA) is 56.6 Å². The number of hydrogen-bond acceptors (Lipinski definition) is 4. The highest BCUT2D eigenvalue weighted by Crippen LogP contribution is 2.41. The van der Waals surface area contributed by atoms with Crippen molar-refractivity contribution in [2.45, 2.75) is 32.2 Å². The third kappa shape index (κ3) is 4.49. The van der Waals surface area contributed by atoms with Crippen LogP contribution in [0.1, 0.15) is 47.2 Å². The van der Waals surface area contributed by atoms with Gasteiger partial charge in [0, 0.05) is 25.2 Å². The number of nitrogens with zero attached hydrogens (tertiary/aromatic N) is 3. The van der Waals surface area contributed by atoms with Crippen LogP contribution in [-0.4, -0.2) is 49.0 Å². The fourth-order valence-corrected chi connectivity index (χ4v) is 4.73. The Morgan fingerprint density at radius 2 is 1.57 bits per heavy atom. The van der Waals surface area contributed by atoms with Gasteiger partial charge < -0.3 is 9.64 Å². The highest BCUT2D eigenvalue weighted by atomic mass is 16.5. The molecule has 0 N–H and O–H groups in total. The van der Waals surface area contributed by atoms with Crippen LogP contribution in [0.15, 0.2) is 48.5 Å². The van der Waals surface area contributed by atoms with Crippen LogP contribution in [0.2, 0.25) is 0 Å². The zero-order valence-corrected chi connectivity index (χ0v) is 17.6. The number of methoxy groups -OCH3 is 1. The number of carbonyl (C=O) groups is 1. The molecule has 2 aromatic carbocycles. The summed E-state index contributed by atoms with van der Waals surface area (Å²) in [5.74, 6) is 0.905. The molecular formula is C25H29N3O2. The average molecular weight is 404 g/mol. The number of hydrogen-bond donors (Lipinski definition) is 0. The average Bonchev–Trinajstić information content (AvgIpc) is 2.81. The number of carbonyl (C=O) groups excluding carboxylic acids is 1. The van der Waals surface area contributed by atoms with Gasteiger partial charge in [0.2, 0.25) is 0 Å². The first-order valence-corrected chi connectivity index (χ1v) is 10.8. The predicted molar refractivity (Wildman–Crippen MR) is 116 cm³/mol. The Labute approximate surface area is 178 Å². The van der Waals surface area contributed by atoms with Crippen molar-refractivity contribution in [3.8, 4) is 11.8 Å². The quantitative estimate of drug-likeness (QED) is 0.772. The summed E-state index contributed by atoms with van der Waals surface area (Å²) in [6.45, 7) is 4.85. The van der Waals surface area contributed by atoms with E-state index in [-0.39, 0.29) is 5.91 Å². The fourth-order valence-electron chi connectivity index (χ4n) is 4.73. The zero-order chi connectivity index (χ0) is 21.0. The van der Waals surface area contributed by atoms with Gasteiger partial charge >= 0.3 is 0 Å². The van der Waals surface area contributed by atoms with E-state index in [1.54, 1.807) is 7.11 Å². The number of ether oxygens (including phenoxy) is 1. The van der Waals surface area contributed by atoms with Gasteiger partial charge in [0.1, 0.15) is 5.75 Å². The number of nitriles is 1. The monoisotopic (exact) mass is 403 g/mol. The SMILES string of the molecule is COc1ccc(C(=O)N2CCC3(CCN(Cc4ccc(C#N)cc4)CC3)CC2)cc1. The van der Waals surface area contributed by atoms with Crippen molar-refractivity contribution in [2.75, 3.05) is 33.3 Å². The molecule has 2 heterocycles. The molecule has 2 saturated heterocycles. The number of rotatable bonds is 4. The van der Waals surface area contributed by atoms with Gasteiger partial charge in [-0.25, -0.2) is 0 Å². The maximum absolute atomic E-state index is 12.8. The molecule has 2 aliphatic heterocycles. The van der Waals surface area contributed by atoms with E-state index in [1.807, 2.05) is 41.3 Å². The zero-order valence-electron chi connectivity index (χ0n) is 17.6. The van der Waals surface area contributed by atoms with Gasteiger partial charge in [-0.15, -0.1) is 0 Å². The first kappa shape index (κ1) is 20.4. The van der Waals surface area contributed by atoms with E-state index in [0.29, 0.717) is 11.0 Å². The van der Waals surface area contributed by atoms with Crippen molar-refractivity contribution in [1.29, 1.82) is 5.26 Å². The molecule has 0 unspecified atom stereocenters. The lowest BCUT2D eigenvalue weighted by Crippen LogP contribution is -2.48. The van der Waals surface area contributed by atoms with Crippen molar-refractivity contribution >= 4 is 5.91 Å². The number of benzene rings is 2. The number of likely N-dealkylation sites (tertiary alicyclic amines) is 2. The van der Waals surface area contributed by atoms with Gasteiger partial charge in [0.05, 0.1) is 18.7 Å². The summed E-state index contributed by atoms with van der Waals surface area (Å²) in [7, 11) is 1.64. The van der Waals surface area contributed by atoms with Crippen LogP contribution >= 0.6 is 0 Å². The third-order valence-electron chi connectivity index (χ3n) is 6.85. The van der Waals surface area contributed by atoms with Crippen LogP contribution in [0.4, 0.5) is 0 Å². The molecule has 0 aromatic heterocycles. The maximum atomic E-state index is 12.8. The first-order valence-electron chi connectivity index (χ1n) is 10.8. The summed E-state index contributed by atoms with van der Waals surface area (Å²) in [5.41, 5.74) is 3.11. The second kappa shape index (κ2) is 8.89. The Kier molecular flexibility index (Phi) is 6.06. The molecule has 2 fully saturated rings. The molecule has 2 aromatic rings. The van der Waals surface area contributed by atoms with Crippen LogP contribution in [0.5, 0.6) is 5.75 Å². The summed E-state index contributed by atoms with van der Waals surface area (Å²) < 4.78 is 5.18. The van der Waals surface area contributed by atoms with Crippen LogP contribution < -0.4 is 4.74 Å². The Bertz CT molecular complexity index is 897. The molecule has 156 valence electrons. The van der Waals surface area contributed by atoms with E-state index in [4.69, 9.17) is 10.00 Å². The van der Waals surface area contributed by atoms with Gasteiger partial charge in [0.15, 0.2) is 0 Å². The highest BCUT2D eigenvalue weighted by molar-refractivity contribution is 5.94. The minimum Gasteiger partial charge on any atom is -0.497 e. The molecule has 0 saturated carbocycles. The molecule has 30 heavy (non-hydrogen) atoms. The lowest BCUT2D eigenvalue weighted by Gasteiger charge is -2.47. The summed E-state index contributed by atoms with van der Waals surface area (Å²) >= 11 is 0. The van der Waals surface area contributed by atoms with Gasteiger partial charge in [-0.05, 0) is 86.1 Å². The van der Waals surface area contributed by atoms with E-state index in [2.05, 4.69) is 23.1 Å². The highest BCUT2D eigenvalue weighted by Gasteiger charge is 2.38. The van der Waals surface area contributed by atoms with Crippen LogP contribution in [-0.2, 0) is 6.54 Å². The van der Waals surface area contributed by atoms with Gasteiger partial charge in [-0.3, -0.25) is 9.69 Å². The summed E-state index contributed by atoms with van der Waals surface area (Å²) in [4.78, 5) is 17.4. The van der Waals surface area contributed by atoms with Gasteiger partial charge in [-0.1, -0.05) is 12.1 Å². The van der Waals surface area contributed by atoms with Crippen molar-refractivity contribution in [2.24, 2.45) is 5.41 Å². The molecule has 0 radical (unpaired) electrons. The molecule has 5 heteroatoms. The molecule has 0 bridgehead atoms. The van der Waals surface area contributed by atoms with Crippen LogP contribution in [0.3, 0.4) is 0 Å². The lowest BCUT2D eigenvalue weighted by molar-refractivity contribution is 0.0285. The van der Waals surface area contributed by atoms with E-state index >= 15 is 0 Å². The normalized spacial score (nSPS) is 18.7. The minimum atomic E-state index is 0.130. The van der Waals surface area contributed by atoms with Crippen molar-refractivity contribution in [3.63, 3.8) is 0 Å². The second-order valence-corrected chi connectivity index (χ2v) is 8.61. The third-order valence-corrected chi connectivity index (χ3v) is 6.85. The Morgan fingerprint density at radius 1 is 0.967 bits per heavy atom. The van der Waals surface area contributed by atoms with Gasteiger partial charge in [0.25, 0.3) is 5.91 Å². The van der Waals surface area contributed by atoms with Crippen molar-refractivity contribution in [3.05, 3.63) is 65.2 Å². The van der Waals surface area contributed by atoms with Crippen molar-refractivity contribution < 1.29 is 9.53 Å². The lowest BCUT2D eigenvalue weighted by atomic mass is 9.71. The fraction of sp³-hybridized carbons (Fsp3) is 0.440. The Balaban J connectivity index is 1.27. The summed E-state index contributed by atoms with van der Waals surface area (Å²) in [5, 5.41) is 8.94. The Hall–Kier alpha value is -2.84. The molecule has 0 aliphatic carbocycles. The van der Waals surface area contributed by atoms with E-state index in [9.17, 15) is 4.79 Å². The Morgan fingerprint density at radius 3 is 2.13 bits per heavy atom. The van der Waals surface area contributed by atoms with E-state index in [0.717, 1.165) is 56.9 Å². The predicted octanol–water partition coefficient (Wildman–Crippen LogP) is 4.09. The largest absolute Gasteiger partial charge is 0.497 e. The van der Waals surface area contributed by atoms with Gasteiger partial charge in [-0.2, -0.15) is 5.26 Å². The standard InChI is InChI=1S/C25H29N3O2/c1-30-23-8-6-22(7-9-23)24(29)28-16-12-25(13-17-28)10-14-27(15-11-25)19-21-4-2-20(18-26)3-5-21/h2-9H,10-17,19H2,1H3. The smallest absolute Gasteiger partial charge is 0.253 e. The van der Waals surface area contributed by atoms with E-state index in [1.165, 1.54) is 18.4 Å². The van der Waals surface area contributed by atoms with E-state index < -0.39 is 0 Å². The number of piperidine rings is 2. The molecule has 0 atom stereocenters. The summed E-state index contributed by atoms with van der Waals surface area (Å²) in [6, 6.07) is 17.5. The molecule has 1 spiro atoms. The minimum absolute atomic E-state index is 0.130. The summed E-state index contributed by atoms with van der Waals surface area (Å²) in [6.07, 6.45) is 4.60. The molecule has 4 rings (SSSR count). The van der Waals surface area contributed by atoms with Crippen molar-refractivity contribution in [1.82, 2.24) is 9.80 Å². The van der Waals surface area contributed by atoms with Crippen LogP contribution in [0.25, 0.3) is 0 Å². The molecule has 2 aliphatic rings. The van der Waals surface area contributed by atoms with Crippen LogP contribution in [0, 0.1) is 16.7 Å². The second-order valence-electron chi connectivity index (χ2n) is 8.61. The molecule has 1 amide bonds. The molecular weight excluding hydrogens is 374 g/mol.